The van der Waals surface area contributed by atoms with Gasteiger partial charge >= 0.3 is 0 Å². The molecule has 0 saturated carbocycles. The zero-order valence-electron chi connectivity index (χ0n) is 13.3. The van der Waals surface area contributed by atoms with E-state index in [0.29, 0.717) is 17.0 Å². The van der Waals surface area contributed by atoms with Crippen LogP contribution in [0.2, 0.25) is 0 Å². The number of thioether (sulfide) groups is 1. The van der Waals surface area contributed by atoms with Gasteiger partial charge in [0.2, 0.25) is 5.91 Å². The number of nitrogens with one attached hydrogen (secondary N) is 1. The fraction of sp³-hybridized carbons (Fsp3) is 0.222. The molecule has 0 aliphatic heterocycles. The van der Waals surface area contributed by atoms with Gasteiger partial charge in [0.25, 0.3) is 5.91 Å². The second kappa shape index (κ2) is 7.83. The van der Waals surface area contributed by atoms with Crippen molar-refractivity contribution >= 4 is 29.3 Å². The van der Waals surface area contributed by atoms with E-state index in [1.165, 1.54) is 28.5 Å². The van der Waals surface area contributed by atoms with Crippen molar-refractivity contribution in [2.24, 2.45) is 5.73 Å². The summed E-state index contributed by atoms with van der Waals surface area (Å²) in [7, 11) is 0. The minimum absolute atomic E-state index is 0.145. The standard InChI is InChI=1S/C18H20N2O2S/c1-12-7-13(2)9-14(8-12)10-23-11-17(21)20-16-6-4-3-5-15(16)18(19)22/h3-9H,10-11H2,1-2H3,(H2,19,22)(H,20,21). The summed E-state index contributed by atoms with van der Waals surface area (Å²) in [5, 5.41) is 2.74. The molecule has 2 aromatic carbocycles. The van der Waals surface area contributed by atoms with E-state index in [2.05, 4.69) is 37.4 Å². The average Bonchev–Trinajstić information content (AvgIpc) is 2.46. The minimum Gasteiger partial charge on any atom is -0.366 e. The molecule has 5 heteroatoms. The normalized spacial score (nSPS) is 10.3. The van der Waals surface area contributed by atoms with Gasteiger partial charge in [0.05, 0.1) is 17.0 Å². The Morgan fingerprint density at radius 1 is 1.09 bits per heavy atom. The molecular weight excluding hydrogens is 308 g/mol. The molecule has 120 valence electrons. The number of carbonyl (C=O) groups excluding carboxylic acids is 2. The Hall–Kier alpha value is -2.27. The van der Waals surface area contributed by atoms with Crippen molar-refractivity contribution in [2.45, 2.75) is 19.6 Å². The number of amides is 2. The van der Waals surface area contributed by atoms with E-state index >= 15 is 0 Å². The first kappa shape index (κ1) is 17.1. The van der Waals surface area contributed by atoms with Gasteiger partial charge in [-0.25, -0.2) is 0 Å². The summed E-state index contributed by atoms with van der Waals surface area (Å²) in [6, 6.07) is 13.1. The molecule has 2 aromatic rings. The lowest BCUT2D eigenvalue weighted by Gasteiger charge is -2.09. The van der Waals surface area contributed by atoms with Crippen molar-refractivity contribution in [2.75, 3.05) is 11.1 Å². The molecule has 0 bridgehead atoms. The molecular formula is C18H20N2O2S. The van der Waals surface area contributed by atoms with Gasteiger partial charge in [0, 0.05) is 5.75 Å². The zero-order chi connectivity index (χ0) is 16.8. The van der Waals surface area contributed by atoms with E-state index in [1.54, 1.807) is 24.3 Å². The Kier molecular flexibility index (Phi) is 5.82. The molecule has 2 amide bonds. The van der Waals surface area contributed by atoms with Gasteiger partial charge in [-0.3, -0.25) is 9.59 Å². The maximum absolute atomic E-state index is 12.0. The molecule has 0 atom stereocenters. The Labute approximate surface area is 140 Å². The fourth-order valence-corrected chi connectivity index (χ4v) is 3.17. The van der Waals surface area contributed by atoms with Gasteiger partial charge in [-0.15, -0.1) is 11.8 Å². The molecule has 0 spiro atoms. The summed E-state index contributed by atoms with van der Waals surface area (Å²) < 4.78 is 0. The number of benzene rings is 2. The van der Waals surface area contributed by atoms with E-state index < -0.39 is 5.91 Å². The predicted molar refractivity (Wildman–Crippen MR) is 95.7 cm³/mol. The number of aryl methyl sites for hydroxylation is 2. The first-order valence-electron chi connectivity index (χ1n) is 7.29. The quantitative estimate of drug-likeness (QED) is 0.855. The smallest absolute Gasteiger partial charge is 0.250 e. The van der Waals surface area contributed by atoms with Gasteiger partial charge in [0.15, 0.2) is 0 Å². The second-order valence-electron chi connectivity index (χ2n) is 5.45. The molecule has 0 saturated heterocycles. The molecule has 0 heterocycles. The van der Waals surface area contributed by atoms with Gasteiger partial charge in [0.1, 0.15) is 0 Å². The lowest BCUT2D eigenvalue weighted by atomic mass is 10.1. The maximum atomic E-state index is 12.0. The Morgan fingerprint density at radius 2 is 1.74 bits per heavy atom. The van der Waals surface area contributed by atoms with E-state index in [1.807, 2.05) is 0 Å². The van der Waals surface area contributed by atoms with Crippen LogP contribution in [0.5, 0.6) is 0 Å². The maximum Gasteiger partial charge on any atom is 0.250 e. The van der Waals surface area contributed by atoms with Crippen LogP contribution in [0, 0.1) is 13.8 Å². The van der Waals surface area contributed by atoms with Crippen LogP contribution in [0.3, 0.4) is 0 Å². The molecule has 0 radical (unpaired) electrons. The number of hydrogen-bond acceptors (Lipinski definition) is 3. The van der Waals surface area contributed by atoms with Crippen molar-refractivity contribution in [1.29, 1.82) is 0 Å². The predicted octanol–water partition coefficient (Wildman–Crippen LogP) is 3.27. The number of carbonyl (C=O) groups is 2. The highest BCUT2D eigenvalue weighted by Gasteiger charge is 2.10. The summed E-state index contributed by atoms with van der Waals surface area (Å²) >= 11 is 1.54. The molecule has 2 rings (SSSR count). The Balaban J connectivity index is 1.89. The number of hydrogen-bond donors (Lipinski definition) is 2. The van der Waals surface area contributed by atoms with Crippen LogP contribution in [-0.2, 0) is 10.5 Å². The lowest BCUT2D eigenvalue weighted by molar-refractivity contribution is -0.113. The number of rotatable bonds is 6. The number of anilines is 1. The topological polar surface area (TPSA) is 72.2 Å². The van der Waals surface area contributed by atoms with Gasteiger partial charge in [-0.1, -0.05) is 41.5 Å². The van der Waals surface area contributed by atoms with Crippen molar-refractivity contribution in [3.8, 4) is 0 Å². The van der Waals surface area contributed by atoms with Crippen LogP contribution in [0.25, 0.3) is 0 Å². The average molecular weight is 328 g/mol. The van der Waals surface area contributed by atoms with Crippen LogP contribution in [-0.4, -0.2) is 17.6 Å². The zero-order valence-corrected chi connectivity index (χ0v) is 14.1. The van der Waals surface area contributed by atoms with Crippen LogP contribution in [0.15, 0.2) is 42.5 Å². The number of para-hydroxylation sites is 1. The van der Waals surface area contributed by atoms with Crippen molar-refractivity contribution in [3.63, 3.8) is 0 Å². The SMILES string of the molecule is Cc1cc(C)cc(CSCC(=O)Nc2ccccc2C(N)=O)c1. The first-order chi connectivity index (χ1) is 11.0. The van der Waals surface area contributed by atoms with Crippen LogP contribution in [0.1, 0.15) is 27.0 Å². The van der Waals surface area contributed by atoms with Crippen LogP contribution >= 0.6 is 11.8 Å². The molecule has 0 aliphatic rings. The molecule has 23 heavy (non-hydrogen) atoms. The minimum atomic E-state index is -0.552. The highest BCUT2D eigenvalue weighted by molar-refractivity contribution is 7.99. The third-order valence-electron chi connectivity index (χ3n) is 3.25. The molecule has 0 fully saturated rings. The third kappa shape index (κ3) is 5.14. The molecule has 0 aliphatic carbocycles. The summed E-state index contributed by atoms with van der Waals surface area (Å²) in [5.74, 6) is 0.393. The molecule has 4 nitrogen and oxygen atoms in total. The van der Waals surface area contributed by atoms with Crippen molar-refractivity contribution in [3.05, 3.63) is 64.7 Å². The van der Waals surface area contributed by atoms with Crippen molar-refractivity contribution < 1.29 is 9.59 Å². The third-order valence-corrected chi connectivity index (χ3v) is 4.25. The number of primary amides is 1. The number of nitrogens with two attached hydrogens (primary N) is 1. The van der Waals surface area contributed by atoms with E-state index in [0.717, 1.165) is 5.75 Å². The largest absolute Gasteiger partial charge is 0.366 e. The van der Waals surface area contributed by atoms with E-state index in [-0.39, 0.29) is 5.91 Å². The molecule has 3 N–H and O–H groups in total. The lowest BCUT2D eigenvalue weighted by Crippen LogP contribution is -2.19. The fourth-order valence-electron chi connectivity index (χ4n) is 2.41. The summed E-state index contributed by atoms with van der Waals surface area (Å²) in [6.07, 6.45) is 0. The van der Waals surface area contributed by atoms with Gasteiger partial charge < -0.3 is 11.1 Å². The Morgan fingerprint density at radius 3 is 2.39 bits per heavy atom. The molecule has 0 unspecified atom stereocenters. The van der Waals surface area contributed by atoms with Crippen LogP contribution < -0.4 is 11.1 Å². The second-order valence-corrected chi connectivity index (χ2v) is 6.43. The van der Waals surface area contributed by atoms with Crippen LogP contribution in [0.4, 0.5) is 5.69 Å². The van der Waals surface area contributed by atoms with Gasteiger partial charge in [-0.05, 0) is 31.5 Å². The summed E-state index contributed by atoms with van der Waals surface area (Å²) in [4.78, 5) is 23.4. The Bertz CT molecular complexity index is 708. The molecule has 0 aromatic heterocycles. The summed E-state index contributed by atoms with van der Waals surface area (Å²) in [5.41, 5.74) is 9.73. The summed E-state index contributed by atoms with van der Waals surface area (Å²) in [6.45, 7) is 4.13. The highest BCUT2D eigenvalue weighted by atomic mass is 32.2. The van der Waals surface area contributed by atoms with Gasteiger partial charge in [-0.2, -0.15) is 0 Å². The van der Waals surface area contributed by atoms with E-state index in [4.69, 9.17) is 5.73 Å². The highest BCUT2D eigenvalue weighted by Crippen LogP contribution is 2.18. The van der Waals surface area contributed by atoms with E-state index in [9.17, 15) is 9.59 Å². The van der Waals surface area contributed by atoms with Crippen molar-refractivity contribution in [1.82, 2.24) is 0 Å². The first-order valence-corrected chi connectivity index (χ1v) is 8.45. The monoisotopic (exact) mass is 328 g/mol.